The van der Waals surface area contributed by atoms with E-state index in [1.54, 1.807) is 0 Å². The zero-order valence-electron chi connectivity index (χ0n) is 17.8. The molecule has 0 spiro atoms. The van der Waals surface area contributed by atoms with Gasteiger partial charge in [-0.2, -0.15) is 0 Å². The summed E-state index contributed by atoms with van der Waals surface area (Å²) >= 11 is 0. The Bertz CT molecular complexity index is 750. The number of nitrogens with one attached hydrogen (secondary N) is 1. The standard InChI is InChI=1S/C24H33NO4/c1-15(2)20-5-4-16(3)6-21(20)28-14-23(27)29-13-22(26)25-24-10-17-7-18(11-24)9-19(8-17)12-24/h4-6,15,17-19H,7-14H2,1-3H3,(H,25,26). The third kappa shape index (κ3) is 4.59. The number of carbonyl (C=O) groups excluding carboxylic acids is 2. The van der Waals surface area contributed by atoms with E-state index >= 15 is 0 Å². The molecule has 1 aromatic rings. The van der Waals surface area contributed by atoms with Gasteiger partial charge in [0.1, 0.15) is 5.75 Å². The molecule has 0 atom stereocenters. The van der Waals surface area contributed by atoms with Crippen molar-refractivity contribution in [1.29, 1.82) is 0 Å². The van der Waals surface area contributed by atoms with E-state index < -0.39 is 5.97 Å². The Morgan fingerprint density at radius 1 is 1.07 bits per heavy atom. The van der Waals surface area contributed by atoms with Gasteiger partial charge in [-0.1, -0.05) is 26.0 Å². The van der Waals surface area contributed by atoms with Crippen LogP contribution in [0.2, 0.25) is 0 Å². The van der Waals surface area contributed by atoms with Crippen LogP contribution in [0.15, 0.2) is 18.2 Å². The van der Waals surface area contributed by atoms with Crippen LogP contribution < -0.4 is 10.1 Å². The van der Waals surface area contributed by atoms with E-state index in [-0.39, 0.29) is 24.7 Å². The van der Waals surface area contributed by atoms with Crippen molar-refractivity contribution in [2.24, 2.45) is 17.8 Å². The molecule has 4 aliphatic carbocycles. The van der Waals surface area contributed by atoms with Crippen molar-refractivity contribution in [1.82, 2.24) is 5.32 Å². The predicted octanol–water partition coefficient (Wildman–Crippen LogP) is 4.13. The molecule has 5 nitrogen and oxygen atoms in total. The Balaban J connectivity index is 1.25. The van der Waals surface area contributed by atoms with Crippen LogP contribution in [0.5, 0.6) is 5.75 Å². The number of amides is 1. The molecule has 4 bridgehead atoms. The highest BCUT2D eigenvalue weighted by Gasteiger charge is 2.51. The molecule has 0 aliphatic heterocycles. The summed E-state index contributed by atoms with van der Waals surface area (Å²) in [5.74, 6) is 2.61. The molecule has 1 amide bonds. The maximum Gasteiger partial charge on any atom is 0.344 e. The maximum atomic E-state index is 12.5. The quantitative estimate of drug-likeness (QED) is 0.701. The van der Waals surface area contributed by atoms with E-state index in [9.17, 15) is 9.59 Å². The third-order valence-electron chi connectivity index (χ3n) is 6.94. The van der Waals surface area contributed by atoms with E-state index in [0.717, 1.165) is 48.1 Å². The van der Waals surface area contributed by atoms with E-state index in [1.165, 1.54) is 19.3 Å². The number of aryl methyl sites for hydroxylation is 1. The summed E-state index contributed by atoms with van der Waals surface area (Å²) in [7, 11) is 0. The second-order valence-electron chi connectivity index (χ2n) is 9.89. The van der Waals surface area contributed by atoms with Crippen molar-refractivity contribution in [2.45, 2.75) is 70.8 Å². The average molecular weight is 400 g/mol. The average Bonchev–Trinajstić information content (AvgIpc) is 2.63. The summed E-state index contributed by atoms with van der Waals surface area (Å²) in [5, 5.41) is 3.23. The zero-order chi connectivity index (χ0) is 20.6. The van der Waals surface area contributed by atoms with Gasteiger partial charge >= 0.3 is 5.97 Å². The van der Waals surface area contributed by atoms with Gasteiger partial charge in [-0.3, -0.25) is 4.79 Å². The first-order valence-electron chi connectivity index (χ1n) is 11.0. The number of benzene rings is 1. The monoisotopic (exact) mass is 399 g/mol. The summed E-state index contributed by atoms with van der Waals surface area (Å²) in [6, 6.07) is 6.00. The Labute approximate surface area is 173 Å². The summed E-state index contributed by atoms with van der Waals surface area (Å²) in [6.45, 7) is 5.75. The Morgan fingerprint density at radius 2 is 1.69 bits per heavy atom. The minimum absolute atomic E-state index is 0.0531. The number of rotatable bonds is 7. The first-order chi connectivity index (χ1) is 13.8. The van der Waals surface area contributed by atoms with Gasteiger partial charge in [0, 0.05) is 5.54 Å². The molecule has 29 heavy (non-hydrogen) atoms. The maximum absolute atomic E-state index is 12.5. The molecule has 158 valence electrons. The summed E-state index contributed by atoms with van der Waals surface area (Å²) in [5.41, 5.74) is 2.08. The smallest absolute Gasteiger partial charge is 0.344 e. The van der Waals surface area contributed by atoms with Crippen LogP contribution in [0, 0.1) is 24.7 Å². The fraction of sp³-hybridized carbons (Fsp3) is 0.667. The van der Waals surface area contributed by atoms with E-state index in [1.807, 2.05) is 25.1 Å². The summed E-state index contributed by atoms with van der Waals surface area (Å²) in [4.78, 5) is 24.6. The number of esters is 1. The van der Waals surface area contributed by atoms with Crippen LogP contribution in [-0.2, 0) is 14.3 Å². The van der Waals surface area contributed by atoms with Crippen LogP contribution in [0.4, 0.5) is 0 Å². The van der Waals surface area contributed by atoms with Gasteiger partial charge < -0.3 is 14.8 Å². The van der Waals surface area contributed by atoms with Gasteiger partial charge in [0.25, 0.3) is 5.91 Å². The van der Waals surface area contributed by atoms with E-state index in [2.05, 4.69) is 19.2 Å². The topological polar surface area (TPSA) is 64.6 Å². The first kappa shape index (κ1) is 20.2. The highest BCUT2D eigenvalue weighted by Crippen LogP contribution is 2.55. The highest BCUT2D eigenvalue weighted by atomic mass is 16.6. The molecule has 0 aromatic heterocycles. The fourth-order valence-corrected chi connectivity index (χ4v) is 6.16. The van der Waals surface area contributed by atoms with E-state index in [4.69, 9.17) is 9.47 Å². The molecule has 0 radical (unpaired) electrons. The molecule has 5 heteroatoms. The normalized spacial score (nSPS) is 29.7. The second-order valence-corrected chi connectivity index (χ2v) is 9.89. The minimum atomic E-state index is -0.512. The molecular formula is C24H33NO4. The van der Waals surface area contributed by atoms with Crippen molar-refractivity contribution in [2.75, 3.05) is 13.2 Å². The van der Waals surface area contributed by atoms with Crippen molar-refractivity contribution < 1.29 is 19.1 Å². The predicted molar refractivity (Wildman–Crippen MR) is 111 cm³/mol. The fourth-order valence-electron chi connectivity index (χ4n) is 6.16. The van der Waals surface area contributed by atoms with Gasteiger partial charge in [0.05, 0.1) is 0 Å². The molecular weight excluding hydrogens is 366 g/mol. The molecule has 0 heterocycles. The van der Waals surface area contributed by atoms with Crippen LogP contribution in [0.1, 0.15) is 69.4 Å². The lowest BCUT2D eigenvalue weighted by Crippen LogP contribution is -2.60. The largest absolute Gasteiger partial charge is 0.482 e. The van der Waals surface area contributed by atoms with Crippen molar-refractivity contribution in [3.8, 4) is 5.75 Å². The highest BCUT2D eigenvalue weighted by molar-refractivity contribution is 5.81. The van der Waals surface area contributed by atoms with Crippen LogP contribution in [-0.4, -0.2) is 30.6 Å². The lowest BCUT2D eigenvalue weighted by molar-refractivity contribution is -0.151. The molecule has 4 fully saturated rings. The van der Waals surface area contributed by atoms with Crippen LogP contribution >= 0.6 is 0 Å². The zero-order valence-corrected chi connectivity index (χ0v) is 17.8. The summed E-state index contributed by atoms with van der Waals surface area (Å²) in [6.07, 6.45) is 7.27. The third-order valence-corrected chi connectivity index (χ3v) is 6.94. The van der Waals surface area contributed by atoms with Crippen molar-refractivity contribution >= 4 is 11.9 Å². The molecule has 0 unspecified atom stereocenters. The van der Waals surface area contributed by atoms with Crippen molar-refractivity contribution in [3.05, 3.63) is 29.3 Å². The van der Waals surface area contributed by atoms with Crippen LogP contribution in [0.25, 0.3) is 0 Å². The number of carbonyl (C=O) groups is 2. The van der Waals surface area contributed by atoms with Gasteiger partial charge in [-0.05, 0) is 86.3 Å². The van der Waals surface area contributed by atoms with Gasteiger partial charge in [-0.25, -0.2) is 4.79 Å². The van der Waals surface area contributed by atoms with Crippen molar-refractivity contribution in [3.63, 3.8) is 0 Å². The molecule has 0 saturated heterocycles. The number of hydrogen-bond acceptors (Lipinski definition) is 4. The van der Waals surface area contributed by atoms with Gasteiger partial charge in [0.2, 0.25) is 0 Å². The van der Waals surface area contributed by atoms with E-state index in [0.29, 0.717) is 11.7 Å². The lowest BCUT2D eigenvalue weighted by atomic mass is 9.53. The molecule has 1 aromatic carbocycles. The lowest BCUT2D eigenvalue weighted by Gasteiger charge is -2.56. The Hall–Kier alpha value is -2.04. The number of hydrogen-bond donors (Lipinski definition) is 1. The molecule has 4 saturated carbocycles. The number of ether oxygens (including phenoxy) is 2. The summed E-state index contributed by atoms with van der Waals surface area (Å²) < 4.78 is 10.9. The molecule has 1 N–H and O–H groups in total. The Morgan fingerprint density at radius 3 is 2.28 bits per heavy atom. The molecule has 4 aliphatic rings. The Kier molecular flexibility index (Phi) is 5.58. The van der Waals surface area contributed by atoms with Gasteiger partial charge in [0.15, 0.2) is 13.2 Å². The van der Waals surface area contributed by atoms with Gasteiger partial charge in [-0.15, -0.1) is 0 Å². The second kappa shape index (κ2) is 8.00. The van der Waals surface area contributed by atoms with Crippen LogP contribution in [0.3, 0.4) is 0 Å². The first-order valence-corrected chi connectivity index (χ1v) is 11.0. The SMILES string of the molecule is Cc1ccc(C(C)C)c(OCC(=O)OCC(=O)NC23CC4CC(CC(C4)C2)C3)c1. The molecule has 5 rings (SSSR count). The minimum Gasteiger partial charge on any atom is -0.482 e.